The molecule has 2 N–H and O–H groups in total. The molecule has 1 heterocycles. The summed E-state index contributed by atoms with van der Waals surface area (Å²) < 4.78 is 28.4. The molecule has 0 bridgehead atoms. The molecule has 6 heteroatoms. The van der Waals surface area contributed by atoms with Crippen molar-refractivity contribution in [3.8, 4) is 5.75 Å². The smallest absolute Gasteiger partial charge is 0.209 e. The van der Waals surface area contributed by atoms with Crippen molar-refractivity contribution in [3.05, 3.63) is 36.5 Å². The second kappa shape index (κ2) is 6.41. The van der Waals surface area contributed by atoms with Gasteiger partial charge in [-0.2, -0.15) is 0 Å². The van der Waals surface area contributed by atoms with Gasteiger partial charge in [0.1, 0.15) is 5.75 Å². The van der Waals surface area contributed by atoms with Crippen LogP contribution >= 0.6 is 0 Å². The van der Waals surface area contributed by atoms with Crippen LogP contribution in [0.1, 0.15) is 13.8 Å². The Balaban J connectivity index is 2.16. The second-order valence-corrected chi connectivity index (χ2v) is 7.13. The first kappa shape index (κ1) is 15.7. The van der Waals surface area contributed by atoms with E-state index in [9.17, 15) is 8.42 Å². The highest BCUT2D eigenvalue weighted by atomic mass is 32.2. The molecule has 0 aliphatic carbocycles. The lowest BCUT2D eigenvalue weighted by Gasteiger charge is -2.20. The number of pyridine rings is 1. The molecule has 0 aliphatic rings. The Labute approximate surface area is 125 Å². The summed E-state index contributed by atoms with van der Waals surface area (Å²) in [6, 6.07) is 9.42. The first-order chi connectivity index (χ1) is 9.87. The van der Waals surface area contributed by atoms with Crippen molar-refractivity contribution >= 4 is 20.9 Å². The third-order valence-corrected chi connectivity index (χ3v) is 4.34. The quantitative estimate of drug-likeness (QED) is 0.886. The molecule has 21 heavy (non-hydrogen) atoms. The summed E-state index contributed by atoms with van der Waals surface area (Å²) in [4.78, 5) is 4.27. The number of sulfonamides is 1. The average Bonchev–Trinajstić information content (AvgIpc) is 2.42. The van der Waals surface area contributed by atoms with E-state index in [2.05, 4.69) is 4.98 Å². The Morgan fingerprint density at radius 1 is 1.24 bits per heavy atom. The van der Waals surface area contributed by atoms with Gasteiger partial charge in [0, 0.05) is 17.5 Å². The fourth-order valence-electron chi connectivity index (χ4n) is 2.13. The van der Waals surface area contributed by atoms with E-state index in [1.165, 1.54) is 0 Å². The number of hydrogen-bond acceptors (Lipinski definition) is 4. The molecule has 2 rings (SSSR count). The molecule has 1 aromatic heterocycles. The number of primary sulfonamides is 1. The molecule has 0 aliphatic heterocycles. The van der Waals surface area contributed by atoms with Crippen LogP contribution in [0, 0.1) is 11.8 Å². The fourth-order valence-corrected chi connectivity index (χ4v) is 3.21. The van der Waals surface area contributed by atoms with E-state index >= 15 is 0 Å². The van der Waals surface area contributed by atoms with E-state index in [0.717, 1.165) is 10.9 Å². The molecular formula is C15H20N2O3S. The van der Waals surface area contributed by atoms with Crippen LogP contribution in [0.5, 0.6) is 5.75 Å². The minimum atomic E-state index is -3.51. The van der Waals surface area contributed by atoms with Crippen LogP contribution in [-0.4, -0.2) is 25.8 Å². The molecule has 0 radical (unpaired) electrons. The Hall–Kier alpha value is -1.66. The first-order valence-electron chi connectivity index (χ1n) is 6.84. The number of fused-ring (bicyclic) bond motifs is 1. The molecule has 0 amide bonds. The van der Waals surface area contributed by atoms with Gasteiger partial charge in [-0.1, -0.05) is 19.9 Å². The molecule has 0 saturated carbocycles. The van der Waals surface area contributed by atoms with Crippen LogP contribution in [-0.2, 0) is 10.0 Å². The van der Waals surface area contributed by atoms with Gasteiger partial charge in [0.15, 0.2) is 0 Å². The summed E-state index contributed by atoms with van der Waals surface area (Å²) in [5.74, 6) is 0.650. The maximum Gasteiger partial charge on any atom is 0.209 e. The Kier molecular flexibility index (Phi) is 4.80. The zero-order valence-electron chi connectivity index (χ0n) is 12.2. The van der Waals surface area contributed by atoms with Crippen LogP contribution in [0.2, 0.25) is 0 Å². The van der Waals surface area contributed by atoms with Gasteiger partial charge in [0.05, 0.1) is 17.9 Å². The zero-order valence-corrected chi connectivity index (χ0v) is 13.0. The Bertz CT molecular complexity index is 708. The standard InChI is InChI=1S/C15H20N2O3S/c1-11(2)12(10-21(16,18)19)9-20-15-7-3-6-14-13(15)5-4-8-17-14/h3-8,11-12H,9-10H2,1-2H3,(H2,16,18,19). The molecule has 0 fully saturated rings. The number of rotatable bonds is 6. The monoisotopic (exact) mass is 308 g/mol. The highest BCUT2D eigenvalue weighted by Crippen LogP contribution is 2.25. The van der Waals surface area contributed by atoms with E-state index < -0.39 is 10.0 Å². The van der Waals surface area contributed by atoms with Crippen LogP contribution in [0.4, 0.5) is 0 Å². The normalized spacial score (nSPS) is 13.5. The van der Waals surface area contributed by atoms with Gasteiger partial charge in [0.2, 0.25) is 10.0 Å². The molecule has 0 spiro atoms. The van der Waals surface area contributed by atoms with E-state index in [-0.39, 0.29) is 17.6 Å². The fraction of sp³-hybridized carbons (Fsp3) is 0.400. The molecule has 1 atom stereocenters. The lowest BCUT2D eigenvalue weighted by Crippen LogP contribution is -2.30. The lowest BCUT2D eigenvalue weighted by molar-refractivity contribution is 0.227. The van der Waals surface area contributed by atoms with Crippen LogP contribution in [0.25, 0.3) is 10.9 Å². The molecule has 114 valence electrons. The van der Waals surface area contributed by atoms with Crippen LogP contribution in [0.15, 0.2) is 36.5 Å². The van der Waals surface area contributed by atoms with Gasteiger partial charge >= 0.3 is 0 Å². The van der Waals surface area contributed by atoms with E-state index in [1.54, 1.807) is 6.20 Å². The number of nitrogens with two attached hydrogens (primary N) is 1. The Morgan fingerprint density at radius 3 is 2.67 bits per heavy atom. The predicted octanol–water partition coefficient (Wildman–Crippen LogP) is 2.17. The van der Waals surface area contributed by atoms with Crippen molar-refractivity contribution in [1.82, 2.24) is 4.98 Å². The third kappa shape index (κ3) is 4.41. The molecule has 1 unspecified atom stereocenters. The van der Waals surface area contributed by atoms with Crippen LogP contribution in [0.3, 0.4) is 0 Å². The summed E-state index contributed by atoms with van der Waals surface area (Å²) in [5.41, 5.74) is 0.850. The number of ether oxygens (including phenoxy) is 1. The largest absolute Gasteiger partial charge is 0.493 e. The molecule has 2 aromatic rings. The number of benzene rings is 1. The molecule has 0 saturated heterocycles. The summed E-state index contributed by atoms with van der Waals surface area (Å²) in [6.07, 6.45) is 1.73. The number of hydrogen-bond donors (Lipinski definition) is 1. The zero-order chi connectivity index (χ0) is 15.5. The SMILES string of the molecule is CC(C)C(COc1cccc2ncccc12)CS(N)(=O)=O. The predicted molar refractivity (Wildman–Crippen MR) is 83.5 cm³/mol. The van der Waals surface area contributed by atoms with E-state index in [1.807, 2.05) is 44.2 Å². The van der Waals surface area contributed by atoms with Crippen molar-refractivity contribution in [3.63, 3.8) is 0 Å². The highest BCUT2D eigenvalue weighted by Gasteiger charge is 2.20. The van der Waals surface area contributed by atoms with Gasteiger partial charge in [0.25, 0.3) is 0 Å². The summed E-state index contributed by atoms with van der Waals surface area (Å²) in [5, 5.41) is 6.06. The van der Waals surface area contributed by atoms with Crippen molar-refractivity contribution in [2.75, 3.05) is 12.4 Å². The maximum absolute atomic E-state index is 11.3. The Morgan fingerprint density at radius 2 is 2.00 bits per heavy atom. The molecule has 5 nitrogen and oxygen atoms in total. The van der Waals surface area contributed by atoms with Crippen molar-refractivity contribution in [2.24, 2.45) is 17.0 Å². The minimum absolute atomic E-state index is 0.0757. The number of nitrogens with zero attached hydrogens (tertiary/aromatic N) is 1. The average molecular weight is 308 g/mol. The van der Waals surface area contributed by atoms with Gasteiger partial charge < -0.3 is 4.74 Å². The van der Waals surface area contributed by atoms with Crippen molar-refractivity contribution < 1.29 is 13.2 Å². The highest BCUT2D eigenvalue weighted by molar-refractivity contribution is 7.89. The number of aromatic nitrogens is 1. The molecule has 1 aromatic carbocycles. The van der Waals surface area contributed by atoms with Crippen molar-refractivity contribution in [1.29, 1.82) is 0 Å². The van der Waals surface area contributed by atoms with Gasteiger partial charge in [-0.25, -0.2) is 13.6 Å². The minimum Gasteiger partial charge on any atom is -0.493 e. The van der Waals surface area contributed by atoms with Crippen molar-refractivity contribution in [2.45, 2.75) is 13.8 Å². The summed E-state index contributed by atoms with van der Waals surface area (Å²) >= 11 is 0. The third-order valence-electron chi connectivity index (χ3n) is 3.45. The van der Waals surface area contributed by atoms with Gasteiger partial charge in [-0.15, -0.1) is 0 Å². The van der Waals surface area contributed by atoms with E-state index in [0.29, 0.717) is 12.4 Å². The van der Waals surface area contributed by atoms with E-state index in [4.69, 9.17) is 9.88 Å². The maximum atomic E-state index is 11.3. The topological polar surface area (TPSA) is 82.3 Å². The first-order valence-corrected chi connectivity index (χ1v) is 8.55. The summed E-state index contributed by atoms with van der Waals surface area (Å²) in [6.45, 7) is 4.23. The van der Waals surface area contributed by atoms with Gasteiger partial charge in [-0.05, 0) is 30.2 Å². The summed E-state index contributed by atoms with van der Waals surface area (Å²) in [7, 11) is -3.51. The second-order valence-electron chi connectivity index (χ2n) is 5.47. The van der Waals surface area contributed by atoms with Gasteiger partial charge in [-0.3, -0.25) is 4.98 Å². The lowest BCUT2D eigenvalue weighted by atomic mass is 9.99. The van der Waals surface area contributed by atoms with Crippen LogP contribution < -0.4 is 9.88 Å². The molecular weight excluding hydrogens is 288 g/mol.